The average molecular weight is 316 g/mol. The van der Waals surface area contributed by atoms with Crippen LogP contribution in [0.15, 0.2) is 12.2 Å². The molecule has 0 aliphatic rings. The van der Waals surface area contributed by atoms with E-state index in [-0.39, 0.29) is 0 Å². The maximum Gasteiger partial charge on any atom is 0.369 e. The number of rotatable bonds is 12. The van der Waals surface area contributed by atoms with Gasteiger partial charge in [0.2, 0.25) is 0 Å². The predicted molar refractivity (Wildman–Crippen MR) is 81.5 cm³/mol. The van der Waals surface area contributed by atoms with E-state index in [2.05, 4.69) is 16.8 Å². The number of hydrogen-bond donors (Lipinski definition) is 0. The number of unbranched alkanes of at least 4 members (excludes halogenated alkanes) is 3. The Labute approximate surface area is 132 Å². The van der Waals surface area contributed by atoms with Crippen molar-refractivity contribution in [1.82, 2.24) is 0 Å². The molecule has 0 aromatic heterocycles. The van der Waals surface area contributed by atoms with Crippen LogP contribution < -0.4 is 0 Å². The summed E-state index contributed by atoms with van der Waals surface area (Å²) in [7, 11) is 0. The maximum atomic E-state index is 11.3. The van der Waals surface area contributed by atoms with E-state index in [4.69, 9.17) is 9.62 Å². The third-order valence-corrected chi connectivity index (χ3v) is 2.83. The van der Waals surface area contributed by atoms with E-state index in [1.807, 2.05) is 20.8 Å². The Kier molecular flexibility index (Phi) is 11.4. The predicted octanol–water partition coefficient (Wildman–Crippen LogP) is 3.65. The third-order valence-electron chi connectivity index (χ3n) is 2.83. The van der Waals surface area contributed by atoms with E-state index in [1.165, 1.54) is 0 Å². The van der Waals surface area contributed by atoms with Crippen LogP contribution in [-0.4, -0.2) is 24.1 Å². The summed E-state index contributed by atoms with van der Waals surface area (Å²) in [6.45, 7) is 8.10. The van der Waals surface area contributed by atoms with Crippen molar-refractivity contribution in [3.8, 4) is 0 Å². The van der Waals surface area contributed by atoms with Crippen LogP contribution in [0.5, 0.6) is 0 Å². The molecule has 0 aliphatic carbocycles. The molecule has 0 bridgehead atoms. The van der Waals surface area contributed by atoms with Crippen molar-refractivity contribution in [2.75, 3.05) is 6.61 Å². The maximum absolute atomic E-state index is 11.3. The summed E-state index contributed by atoms with van der Waals surface area (Å²) >= 11 is 0. The van der Waals surface area contributed by atoms with E-state index in [1.54, 1.807) is 0 Å². The Morgan fingerprint density at radius 1 is 0.955 bits per heavy atom. The highest BCUT2D eigenvalue weighted by Crippen LogP contribution is 2.16. The lowest BCUT2D eigenvalue weighted by Crippen LogP contribution is -2.24. The Hall–Kier alpha value is -1.40. The minimum absolute atomic E-state index is 0.350. The smallest absolute Gasteiger partial charge is 0.369 e. The summed E-state index contributed by atoms with van der Waals surface area (Å²) in [6.07, 6.45) is 7.68. The van der Waals surface area contributed by atoms with E-state index < -0.39 is 17.5 Å². The highest BCUT2D eigenvalue weighted by atomic mass is 17.5. The lowest BCUT2D eigenvalue weighted by Gasteiger charge is -2.20. The molecule has 0 atom stereocenters. The molecule has 0 aromatic rings. The number of ether oxygens (including phenoxy) is 1. The molecule has 22 heavy (non-hydrogen) atoms. The minimum Gasteiger partial charge on any atom is -0.463 e. The SMILES string of the molecule is CCCCCCOC(=O)C=CC(=O)OOOC(C)(C)CCC. The molecule has 0 fully saturated rings. The van der Waals surface area contributed by atoms with Crippen LogP contribution in [0.2, 0.25) is 0 Å². The summed E-state index contributed by atoms with van der Waals surface area (Å²) in [5, 5.41) is 4.42. The second-order valence-corrected chi connectivity index (χ2v) is 5.62. The third kappa shape index (κ3) is 12.3. The van der Waals surface area contributed by atoms with Gasteiger partial charge in [0.25, 0.3) is 0 Å². The molecular formula is C16H28O6. The quantitative estimate of drug-likeness (QED) is 0.180. The van der Waals surface area contributed by atoms with Gasteiger partial charge >= 0.3 is 11.9 Å². The topological polar surface area (TPSA) is 71.1 Å². The van der Waals surface area contributed by atoms with Gasteiger partial charge in [-0.3, -0.25) is 4.89 Å². The van der Waals surface area contributed by atoms with Gasteiger partial charge in [0.15, 0.2) is 0 Å². The van der Waals surface area contributed by atoms with E-state index >= 15 is 0 Å². The van der Waals surface area contributed by atoms with Crippen molar-refractivity contribution in [2.24, 2.45) is 0 Å². The first-order valence-corrected chi connectivity index (χ1v) is 7.82. The summed E-state index contributed by atoms with van der Waals surface area (Å²) in [6, 6.07) is 0. The summed E-state index contributed by atoms with van der Waals surface area (Å²) in [5.41, 5.74) is -0.545. The molecule has 0 radical (unpaired) electrons. The molecule has 6 heteroatoms. The molecule has 0 N–H and O–H groups in total. The van der Waals surface area contributed by atoms with Crippen LogP contribution in [0.25, 0.3) is 0 Å². The zero-order chi connectivity index (χ0) is 16.8. The largest absolute Gasteiger partial charge is 0.463 e. The Balaban J connectivity index is 3.79. The van der Waals surface area contributed by atoms with Crippen LogP contribution >= 0.6 is 0 Å². The first-order chi connectivity index (χ1) is 10.4. The van der Waals surface area contributed by atoms with Crippen LogP contribution in [0.3, 0.4) is 0 Å². The first-order valence-electron chi connectivity index (χ1n) is 7.82. The molecule has 0 aliphatic heterocycles. The van der Waals surface area contributed by atoms with Gasteiger partial charge in [0.1, 0.15) is 5.60 Å². The van der Waals surface area contributed by atoms with Crippen molar-refractivity contribution in [1.29, 1.82) is 0 Å². The average Bonchev–Trinajstić information content (AvgIpc) is 2.44. The molecule has 0 saturated carbocycles. The number of carbonyl (C=O) groups is 2. The molecular weight excluding hydrogens is 288 g/mol. The fraction of sp³-hybridized carbons (Fsp3) is 0.750. The van der Waals surface area contributed by atoms with Crippen LogP contribution in [0.4, 0.5) is 0 Å². The molecule has 0 spiro atoms. The second-order valence-electron chi connectivity index (χ2n) is 5.62. The normalized spacial score (nSPS) is 11.6. The van der Waals surface area contributed by atoms with Gasteiger partial charge in [-0.25, -0.2) is 9.59 Å². The summed E-state index contributed by atoms with van der Waals surface area (Å²) in [5.74, 6) is -1.42. The second kappa shape index (κ2) is 12.2. The number of carbonyl (C=O) groups excluding carboxylic acids is 2. The minimum atomic E-state index is -0.838. The van der Waals surface area contributed by atoms with Gasteiger partial charge in [-0.1, -0.05) is 39.5 Å². The zero-order valence-corrected chi connectivity index (χ0v) is 14.1. The van der Waals surface area contributed by atoms with Gasteiger partial charge in [-0.15, -0.1) is 0 Å². The Bertz CT molecular complexity index is 349. The van der Waals surface area contributed by atoms with Crippen LogP contribution in [-0.2, 0) is 29.1 Å². The van der Waals surface area contributed by atoms with E-state index in [9.17, 15) is 9.59 Å². The van der Waals surface area contributed by atoms with Gasteiger partial charge in [-0.2, -0.15) is 4.89 Å². The molecule has 6 nitrogen and oxygen atoms in total. The van der Waals surface area contributed by atoms with Crippen LogP contribution in [0, 0.1) is 0 Å². The van der Waals surface area contributed by atoms with Gasteiger partial charge in [0, 0.05) is 12.2 Å². The standard InChI is InChI=1S/C16H28O6/c1-5-7-8-9-13-19-14(17)10-11-15(18)20-22-21-16(3,4)12-6-2/h10-11H,5-9,12-13H2,1-4H3. The molecule has 128 valence electrons. The molecule has 0 saturated heterocycles. The first kappa shape index (κ1) is 20.6. The van der Waals surface area contributed by atoms with Crippen molar-refractivity contribution in [2.45, 2.75) is 71.8 Å². The molecule has 0 rings (SSSR count). The van der Waals surface area contributed by atoms with E-state index in [0.29, 0.717) is 6.61 Å². The van der Waals surface area contributed by atoms with Crippen LogP contribution in [0.1, 0.15) is 66.2 Å². The zero-order valence-electron chi connectivity index (χ0n) is 14.1. The molecule has 0 aromatic carbocycles. The fourth-order valence-electron chi connectivity index (χ4n) is 1.70. The molecule has 0 heterocycles. The van der Waals surface area contributed by atoms with Crippen molar-refractivity contribution < 1.29 is 29.1 Å². The highest BCUT2D eigenvalue weighted by molar-refractivity contribution is 5.91. The highest BCUT2D eigenvalue weighted by Gasteiger charge is 2.19. The van der Waals surface area contributed by atoms with E-state index in [0.717, 1.165) is 50.7 Å². The summed E-state index contributed by atoms with van der Waals surface area (Å²) in [4.78, 5) is 31.9. The Morgan fingerprint density at radius 3 is 2.27 bits per heavy atom. The van der Waals surface area contributed by atoms with Gasteiger partial charge in [0.05, 0.1) is 6.61 Å². The number of hydrogen-bond acceptors (Lipinski definition) is 6. The Morgan fingerprint density at radius 2 is 1.64 bits per heavy atom. The molecule has 0 amide bonds. The lowest BCUT2D eigenvalue weighted by molar-refractivity contribution is -0.515. The van der Waals surface area contributed by atoms with Crippen molar-refractivity contribution >= 4 is 11.9 Å². The van der Waals surface area contributed by atoms with Crippen molar-refractivity contribution in [3.63, 3.8) is 0 Å². The van der Waals surface area contributed by atoms with Crippen molar-refractivity contribution in [3.05, 3.63) is 12.2 Å². The summed E-state index contributed by atoms with van der Waals surface area (Å²) < 4.78 is 4.92. The van der Waals surface area contributed by atoms with Gasteiger partial charge in [-0.05, 0) is 31.7 Å². The lowest BCUT2D eigenvalue weighted by atomic mass is 10.0. The van der Waals surface area contributed by atoms with Gasteiger partial charge < -0.3 is 4.74 Å². The number of esters is 1. The monoisotopic (exact) mass is 316 g/mol. The molecule has 0 unspecified atom stereocenters. The fourth-order valence-corrected chi connectivity index (χ4v) is 1.70.